The number of amides is 2. The van der Waals surface area contributed by atoms with Gasteiger partial charge in [-0.15, -0.1) is 5.10 Å². The maximum Gasteiger partial charge on any atom is 0.237 e. The first kappa shape index (κ1) is 20.5. The Kier molecular flexibility index (Phi) is 6.28. The number of aromatic nitrogens is 4. The van der Waals surface area contributed by atoms with Crippen LogP contribution in [-0.4, -0.2) is 37.3 Å². The molecular weight excluding hydrogens is 388 g/mol. The summed E-state index contributed by atoms with van der Waals surface area (Å²) in [6, 6.07) is 13.0. The number of benzene rings is 2. The minimum absolute atomic E-state index is 0.145. The molecule has 0 radical (unpaired) electrons. The fraction of sp³-hybridized carbons (Fsp3) is 0.250. The third kappa shape index (κ3) is 5.20. The standard InChI is InChI=1S/C20H22N6O2S/c1-12-5-10-18(13(2)11-12)26-20(23-24-25-26)29-14(3)19(28)22-17-8-6-16(7-9-17)21-15(4)27/h5-11,14H,1-4H3,(H,21,27)(H,22,28). The molecule has 0 bridgehead atoms. The van der Waals surface area contributed by atoms with E-state index in [1.807, 2.05) is 26.0 Å². The van der Waals surface area contributed by atoms with Gasteiger partial charge in [0.1, 0.15) is 0 Å². The maximum absolute atomic E-state index is 12.6. The average molecular weight is 411 g/mol. The number of tetrazole rings is 1. The van der Waals surface area contributed by atoms with Crippen LogP contribution in [0.3, 0.4) is 0 Å². The highest BCUT2D eigenvalue weighted by Gasteiger charge is 2.20. The molecule has 0 spiro atoms. The van der Waals surface area contributed by atoms with Gasteiger partial charge >= 0.3 is 0 Å². The monoisotopic (exact) mass is 410 g/mol. The van der Waals surface area contributed by atoms with Crippen LogP contribution in [0.4, 0.5) is 11.4 Å². The quantitative estimate of drug-likeness (QED) is 0.604. The highest BCUT2D eigenvalue weighted by molar-refractivity contribution is 8.00. The molecule has 9 heteroatoms. The number of anilines is 2. The highest BCUT2D eigenvalue weighted by Crippen LogP contribution is 2.25. The minimum atomic E-state index is -0.416. The second-order valence-electron chi connectivity index (χ2n) is 6.67. The minimum Gasteiger partial charge on any atom is -0.326 e. The van der Waals surface area contributed by atoms with Crippen LogP contribution < -0.4 is 10.6 Å². The Morgan fingerprint density at radius 1 is 1.03 bits per heavy atom. The predicted molar refractivity (Wildman–Crippen MR) is 113 cm³/mol. The summed E-state index contributed by atoms with van der Waals surface area (Å²) in [6.45, 7) is 7.27. The maximum atomic E-state index is 12.6. The summed E-state index contributed by atoms with van der Waals surface area (Å²) in [5.74, 6) is -0.314. The van der Waals surface area contributed by atoms with E-state index in [1.165, 1.54) is 18.7 Å². The molecule has 0 saturated heterocycles. The van der Waals surface area contributed by atoms with Gasteiger partial charge < -0.3 is 10.6 Å². The Hall–Kier alpha value is -3.20. The molecule has 2 N–H and O–H groups in total. The summed E-state index contributed by atoms with van der Waals surface area (Å²) >= 11 is 1.28. The second kappa shape index (κ2) is 8.87. The molecule has 0 aliphatic carbocycles. The first-order chi connectivity index (χ1) is 13.8. The number of aryl methyl sites for hydroxylation is 2. The van der Waals surface area contributed by atoms with Crippen LogP contribution in [0.2, 0.25) is 0 Å². The number of thioether (sulfide) groups is 1. The first-order valence-corrected chi connectivity index (χ1v) is 9.92. The van der Waals surface area contributed by atoms with Crippen molar-refractivity contribution in [2.75, 3.05) is 10.6 Å². The Morgan fingerprint density at radius 2 is 1.69 bits per heavy atom. The van der Waals surface area contributed by atoms with Crippen molar-refractivity contribution in [2.45, 2.75) is 38.1 Å². The second-order valence-corrected chi connectivity index (χ2v) is 7.98. The van der Waals surface area contributed by atoms with Crippen molar-refractivity contribution in [1.29, 1.82) is 0 Å². The van der Waals surface area contributed by atoms with Gasteiger partial charge in [-0.05, 0) is 67.1 Å². The van der Waals surface area contributed by atoms with Gasteiger partial charge in [0.25, 0.3) is 0 Å². The van der Waals surface area contributed by atoms with E-state index in [0.29, 0.717) is 16.5 Å². The van der Waals surface area contributed by atoms with Crippen molar-refractivity contribution in [3.05, 3.63) is 53.6 Å². The van der Waals surface area contributed by atoms with E-state index in [-0.39, 0.29) is 11.8 Å². The van der Waals surface area contributed by atoms with E-state index in [4.69, 9.17) is 0 Å². The molecule has 3 aromatic rings. The van der Waals surface area contributed by atoms with E-state index < -0.39 is 5.25 Å². The van der Waals surface area contributed by atoms with E-state index in [0.717, 1.165) is 16.8 Å². The zero-order valence-electron chi connectivity index (χ0n) is 16.6. The smallest absolute Gasteiger partial charge is 0.237 e. The van der Waals surface area contributed by atoms with Crippen LogP contribution in [0.1, 0.15) is 25.0 Å². The SMILES string of the molecule is CC(=O)Nc1ccc(NC(=O)C(C)Sc2nnnn2-c2ccc(C)cc2C)cc1. The number of carbonyl (C=O) groups excluding carboxylic acids is 2. The molecule has 150 valence electrons. The molecule has 8 nitrogen and oxygen atoms in total. The fourth-order valence-electron chi connectivity index (χ4n) is 2.74. The molecule has 0 saturated carbocycles. The van der Waals surface area contributed by atoms with Gasteiger partial charge in [0.2, 0.25) is 17.0 Å². The lowest BCUT2D eigenvalue weighted by Crippen LogP contribution is -2.23. The summed E-state index contributed by atoms with van der Waals surface area (Å²) in [5.41, 5.74) is 4.40. The molecule has 0 aliphatic rings. The van der Waals surface area contributed by atoms with E-state index in [9.17, 15) is 9.59 Å². The number of hydrogen-bond donors (Lipinski definition) is 2. The number of carbonyl (C=O) groups is 2. The van der Waals surface area contributed by atoms with Gasteiger partial charge in [0.05, 0.1) is 10.9 Å². The number of rotatable bonds is 6. The summed E-state index contributed by atoms with van der Waals surface area (Å²) in [6.07, 6.45) is 0. The van der Waals surface area contributed by atoms with Gasteiger partial charge in [-0.2, -0.15) is 4.68 Å². The molecule has 1 aromatic heterocycles. The average Bonchev–Trinajstić information content (AvgIpc) is 3.10. The molecule has 2 aromatic carbocycles. The van der Waals surface area contributed by atoms with Gasteiger partial charge in [-0.1, -0.05) is 29.5 Å². The normalized spacial score (nSPS) is 11.7. The third-order valence-electron chi connectivity index (χ3n) is 4.15. The molecule has 3 rings (SSSR count). The zero-order valence-corrected chi connectivity index (χ0v) is 17.4. The van der Waals surface area contributed by atoms with Gasteiger partial charge in [-0.25, -0.2) is 0 Å². The molecule has 1 heterocycles. The van der Waals surface area contributed by atoms with Crippen molar-refractivity contribution in [2.24, 2.45) is 0 Å². The van der Waals surface area contributed by atoms with E-state index >= 15 is 0 Å². The summed E-state index contributed by atoms with van der Waals surface area (Å²) < 4.78 is 1.64. The summed E-state index contributed by atoms with van der Waals surface area (Å²) in [7, 11) is 0. The molecule has 29 heavy (non-hydrogen) atoms. The van der Waals surface area contributed by atoms with Crippen molar-refractivity contribution < 1.29 is 9.59 Å². The molecule has 0 fully saturated rings. The lowest BCUT2D eigenvalue weighted by molar-refractivity contribution is -0.115. The first-order valence-electron chi connectivity index (χ1n) is 9.04. The largest absolute Gasteiger partial charge is 0.326 e. The molecule has 0 aliphatic heterocycles. The predicted octanol–water partition coefficient (Wildman–Crippen LogP) is 3.36. The topological polar surface area (TPSA) is 102 Å². The van der Waals surface area contributed by atoms with Crippen LogP contribution in [0.25, 0.3) is 5.69 Å². The molecule has 1 atom stereocenters. The number of hydrogen-bond acceptors (Lipinski definition) is 6. The molecule has 2 amide bonds. The van der Waals surface area contributed by atoms with Crippen LogP contribution in [0.5, 0.6) is 0 Å². The van der Waals surface area contributed by atoms with E-state index in [1.54, 1.807) is 35.9 Å². The Balaban J connectivity index is 1.68. The fourth-order valence-corrected chi connectivity index (χ4v) is 3.54. The zero-order chi connectivity index (χ0) is 21.0. The lowest BCUT2D eigenvalue weighted by atomic mass is 10.1. The highest BCUT2D eigenvalue weighted by atomic mass is 32.2. The Bertz CT molecular complexity index is 1030. The number of nitrogens with one attached hydrogen (secondary N) is 2. The van der Waals surface area contributed by atoms with Crippen molar-refractivity contribution >= 4 is 35.0 Å². The third-order valence-corrected chi connectivity index (χ3v) is 5.18. The van der Waals surface area contributed by atoms with Crippen LogP contribution in [-0.2, 0) is 9.59 Å². The van der Waals surface area contributed by atoms with Crippen LogP contribution in [0, 0.1) is 13.8 Å². The summed E-state index contributed by atoms with van der Waals surface area (Å²) in [4.78, 5) is 23.7. The molecule has 1 unspecified atom stereocenters. The van der Waals surface area contributed by atoms with Crippen molar-refractivity contribution in [3.8, 4) is 5.69 Å². The Morgan fingerprint density at radius 3 is 2.31 bits per heavy atom. The molecular formula is C20H22N6O2S. The van der Waals surface area contributed by atoms with Gasteiger partial charge in [-0.3, -0.25) is 9.59 Å². The van der Waals surface area contributed by atoms with Gasteiger partial charge in [0.15, 0.2) is 0 Å². The van der Waals surface area contributed by atoms with Crippen molar-refractivity contribution in [1.82, 2.24) is 20.2 Å². The van der Waals surface area contributed by atoms with Crippen molar-refractivity contribution in [3.63, 3.8) is 0 Å². The Labute approximate surface area is 173 Å². The van der Waals surface area contributed by atoms with Crippen LogP contribution in [0.15, 0.2) is 47.6 Å². The lowest BCUT2D eigenvalue weighted by Gasteiger charge is -2.13. The van der Waals surface area contributed by atoms with Crippen LogP contribution >= 0.6 is 11.8 Å². The summed E-state index contributed by atoms with van der Waals surface area (Å²) in [5, 5.41) is 17.6. The van der Waals surface area contributed by atoms with Gasteiger partial charge in [0, 0.05) is 18.3 Å². The van der Waals surface area contributed by atoms with E-state index in [2.05, 4.69) is 32.2 Å². The number of nitrogens with zero attached hydrogens (tertiary/aromatic N) is 4.